The molecule has 0 bridgehead atoms. The van der Waals surface area contributed by atoms with Gasteiger partial charge in [-0.3, -0.25) is 4.79 Å². The van der Waals surface area contributed by atoms with Crippen molar-refractivity contribution >= 4 is 23.1 Å². The first kappa shape index (κ1) is 13.5. The maximum Gasteiger partial charge on any atom is 0.194 e. The third-order valence-electron chi connectivity index (χ3n) is 4.15. The van der Waals surface area contributed by atoms with Gasteiger partial charge in [0.15, 0.2) is 5.78 Å². The van der Waals surface area contributed by atoms with E-state index < -0.39 is 0 Å². The monoisotopic (exact) mass is 297 g/mol. The van der Waals surface area contributed by atoms with Crippen molar-refractivity contribution in [1.29, 1.82) is 0 Å². The molecule has 0 unspecified atom stereocenters. The Hall–Kier alpha value is -3.13. The fraction of sp³-hybridized carbons (Fsp3) is 0. The van der Waals surface area contributed by atoms with Crippen molar-refractivity contribution in [2.24, 2.45) is 0 Å². The summed E-state index contributed by atoms with van der Waals surface area (Å²) in [6.45, 7) is 0. The van der Waals surface area contributed by atoms with E-state index in [2.05, 4.69) is 6.08 Å². The summed E-state index contributed by atoms with van der Waals surface area (Å²) in [7, 11) is 0. The summed E-state index contributed by atoms with van der Waals surface area (Å²) in [6.07, 6.45) is 2.10. The van der Waals surface area contributed by atoms with Gasteiger partial charge in [0.1, 0.15) is 0 Å². The molecule has 23 heavy (non-hydrogen) atoms. The van der Waals surface area contributed by atoms with Gasteiger partial charge in [0.05, 0.1) is 0 Å². The van der Waals surface area contributed by atoms with Gasteiger partial charge < -0.3 is 5.73 Å². The van der Waals surface area contributed by atoms with Gasteiger partial charge in [0, 0.05) is 16.8 Å². The van der Waals surface area contributed by atoms with Gasteiger partial charge >= 0.3 is 0 Å². The normalized spacial score (nSPS) is 12.5. The summed E-state index contributed by atoms with van der Waals surface area (Å²) in [5.74, 6) is 0.0842. The van der Waals surface area contributed by atoms with Crippen LogP contribution in [0.4, 0.5) is 5.69 Å². The number of benzene rings is 3. The molecule has 0 aliphatic heterocycles. The number of fused-ring (bicyclic) bond motifs is 2. The van der Waals surface area contributed by atoms with Crippen LogP contribution in [-0.2, 0) is 0 Å². The lowest BCUT2D eigenvalue weighted by Crippen LogP contribution is -2.14. The van der Waals surface area contributed by atoms with Crippen molar-refractivity contribution in [3.05, 3.63) is 101 Å². The first-order valence-electron chi connectivity index (χ1n) is 7.55. The molecule has 1 aliphatic rings. The zero-order valence-corrected chi connectivity index (χ0v) is 12.5. The number of ketones is 1. The van der Waals surface area contributed by atoms with E-state index in [-0.39, 0.29) is 5.78 Å². The summed E-state index contributed by atoms with van der Waals surface area (Å²) in [5, 5.41) is 0. The first-order valence-corrected chi connectivity index (χ1v) is 7.55. The Morgan fingerprint density at radius 1 is 0.696 bits per heavy atom. The minimum absolute atomic E-state index is 0.0842. The van der Waals surface area contributed by atoms with Gasteiger partial charge in [-0.05, 0) is 40.5 Å². The molecule has 0 amide bonds. The van der Waals surface area contributed by atoms with Crippen LogP contribution in [0.15, 0.2) is 72.8 Å². The number of rotatable bonds is 1. The molecule has 0 heterocycles. The van der Waals surface area contributed by atoms with Crippen LogP contribution in [0.5, 0.6) is 0 Å². The molecule has 0 radical (unpaired) electrons. The van der Waals surface area contributed by atoms with Crippen LogP contribution < -0.4 is 5.73 Å². The molecule has 0 fully saturated rings. The number of anilines is 1. The van der Waals surface area contributed by atoms with Crippen LogP contribution in [0.25, 0.3) is 11.6 Å². The molecule has 110 valence electrons. The van der Waals surface area contributed by atoms with Gasteiger partial charge in [0.25, 0.3) is 0 Å². The van der Waals surface area contributed by atoms with Crippen molar-refractivity contribution in [2.75, 3.05) is 5.73 Å². The number of hydrogen-bond donors (Lipinski definition) is 1. The van der Waals surface area contributed by atoms with E-state index in [1.807, 2.05) is 72.8 Å². The zero-order valence-electron chi connectivity index (χ0n) is 12.5. The lowest BCUT2D eigenvalue weighted by Gasteiger charge is -2.21. The highest BCUT2D eigenvalue weighted by Gasteiger charge is 2.25. The van der Waals surface area contributed by atoms with E-state index in [0.29, 0.717) is 0 Å². The molecule has 0 aromatic heterocycles. The second kappa shape index (κ2) is 5.25. The Kier molecular flexibility index (Phi) is 3.09. The number of nitrogen functional groups attached to an aromatic ring is 1. The predicted molar refractivity (Wildman–Crippen MR) is 94.1 cm³/mol. The van der Waals surface area contributed by atoms with Crippen molar-refractivity contribution in [3.63, 3.8) is 0 Å². The highest BCUT2D eigenvalue weighted by atomic mass is 16.1. The Labute approximate surface area is 134 Å². The van der Waals surface area contributed by atoms with Crippen LogP contribution >= 0.6 is 0 Å². The molecule has 0 spiro atoms. The molecule has 2 nitrogen and oxygen atoms in total. The Balaban J connectivity index is 2.00. The second-order valence-electron chi connectivity index (χ2n) is 5.65. The summed E-state index contributed by atoms with van der Waals surface area (Å²) in [5.41, 5.74) is 12.1. The predicted octanol–water partition coefficient (Wildman–Crippen LogP) is 4.40. The first-order chi connectivity index (χ1) is 11.2. The molecule has 2 heteroatoms. The fourth-order valence-corrected chi connectivity index (χ4v) is 3.09. The molecule has 0 saturated heterocycles. The third-order valence-corrected chi connectivity index (χ3v) is 4.15. The van der Waals surface area contributed by atoms with Crippen molar-refractivity contribution in [1.82, 2.24) is 0 Å². The molecule has 3 aromatic rings. The summed E-state index contributed by atoms with van der Waals surface area (Å²) >= 11 is 0. The quantitative estimate of drug-likeness (QED) is 0.529. The highest BCUT2D eigenvalue weighted by molar-refractivity contribution is 6.20. The maximum absolute atomic E-state index is 12.7. The summed E-state index contributed by atoms with van der Waals surface area (Å²) in [6, 6.07) is 23.3. The zero-order chi connectivity index (χ0) is 15.8. The topological polar surface area (TPSA) is 43.1 Å². The number of carbonyl (C=O) groups is 1. The second-order valence-corrected chi connectivity index (χ2v) is 5.65. The molecule has 0 saturated carbocycles. The van der Waals surface area contributed by atoms with Crippen molar-refractivity contribution in [2.45, 2.75) is 0 Å². The minimum atomic E-state index is 0.0842. The van der Waals surface area contributed by atoms with Crippen LogP contribution in [0.1, 0.15) is 32.6 Å². The van der Waals surface area contributed by atoms with E-state index in [1.54, 1.807) is 0 Å². The van der Waals surface area contributed by atoms with E-state index in [1.165, 1.54) is 0 Å². The van der Waals surface area contributed by atoms with Crippen LogP contribution in [-0.4, -0.2) is 5.78 Å². The van der Waals surface area contributed by atoms with Gasteiger partial charge in [-0.15, -0.1) is 0 Å². The van der Waals surface area contributed by atoms with E-state index >= 15 is 0 Å². The van der Waals surface area contributed by atoms with Gasteiger partial charge in [0.2, 0.25) is 0 Å². The summed E-state index contributed by atoms with van der Waals surface area (Å²) in [4.78, 5) is 12.7. The summed E-state index contributed by atoms with van der Waals surface area (Å²) < 4.78 is 0. The molecule has 4 rings (SSSR count). The van der Waals surface area contributed by atoms with Crippen molar-refractivity contribution in [3.8, 4) is 0 Å². The number of nitrogens with two attached hydrogens (primary N) is 1. The van der Waals surface area contributed by atoms with Crippen LogP contribution in [0.2, 0.25) is 0 Å². The van der Waals surface area contributed by atoms with Gasteiger partial charge in [-0.2, -0.15) is 0 Å². The molecule has 3 aromatic carbocycles. The minimum Gasteiger partial charge on any atom is -0.399 e. The molecule has 0 atom stereocenters. The number of carbonyl (C=O) groups excluding carboxylic acids is 1. The van der Waals surface area contributed by atoms with Crippen LogP contribution in [0, 0.1) is 0 Å². The average Bonchev–Trinajstić information content (AvgIpc) is 2.59. The van der Waals surface area contributed by atoms with Gasteiger partial charge in [-0.25, -0.2) is 0 Å². The fourth-order valence-electron chi connectivity index (χ4n) is 3.09. The third kappa shape index (κ3) is 2.25. The highest BCUT2D eigenvalue weighted by Crippen LogP contribution is 2.36. The Morgan fingerprint density at radius 2 is 1.26 bits per heavy atom. The van der Waals surface area contributed by atoms with Crippen molar-refractivity contribution < 1.29 is 4.79 Å². The SMILES string of the molecule is Nc1cccc(C=C2c3ccccc3C(=O)c3ccccc32)c1. The largest absolute Gasteiger partial charge is 0.399 e. The maximum atomic E-state index is 12.7. The van der Waals surface area contributed by atoms with Gasteiger partial charge in [-0.1, -0.05) is 60.7 Å². The van der Waals surface area contributed by atoms with Crippen LogP contribution in [0.3, 0.4) is 0 Å². The lowest BCUT2D eigenvalue weighted by molar-refractivity contribution is 0.103. The Morgan fingerprint density at radius 3 is 1.83 bits per heavy atom. The lowest BCUT2D eigenvalue weighted by atomic mass is 9.81. The Bertz CT molecular complexity index is 902. The molecular weight excluding hydrogens is 282 g/mol. The smallest absolute Gasteiger partial charge is 0.194 e. The van der Waals surface area contributed by atoms with E-state index in [4.69, 9.17) is 5.73 Å². The molecule has 2 N–H and O–H groups in total. The molecule has 1 aliphatic carbocycles. The van der Waals surface area contributed by atoms with E-state index in [9.17, 15) is 4.79 Å². The standard InChI is InChI=1S/C21H15NO/c22-15-7-5-6-14(12-15)13-20-16-8-1-3-10-18(16)21(23)19-11-4-2-9-17(19)20/h1-13H,22H2. The molecular formula is C21H15NO. The average molecular weight is 297 g/mol. The number of hydrogen-bond acceptors (Lipinski definition) is 2. The van der Waals surface area contributed by atoms with E-state index in [0.717, 1.165) is 39.1 Å².